The van der Waals surface area contributed by atoms with Crippen LogP contribution in [0.25, 0.3) is 0 Å². The molecule has 2 unspecified atom stereocenters. The standard InChI is InChI=1S/C12H17NOS/c1-9(6-13)15-8-10-7-14-12-5-3-2-4-11(10)12/h2-5,9-10H,6-8,13H2,1H3. The molecule has 0 saturated carbocycles. The van der Waals surface area contributed by atoms with Crippen molar-refractivity contribution in [2.45, 2.75) is 18.1 Å². The molecular weight excluding hydrogens is 206 g/mol. The topological polar surface area (TPSA) is 35.2 Å². The average Bonchev–Trinajstić information content (AvgIpc) is 2.69. The Bertz CT molecular complexity index is 329. The van der Waals surface area contributed by atoms with E-state index in [-0.39, 0.29) is 0 Å². The second-order valence-electron chi connectivity index (χ2n) is 3.93. The first-order valence-electron chi connectivity index (χ1n) is 5.34. The summed E-state index contributed by atoms with van der Waals surface area (Å²) in [4.78, 5) is 0. The summed E-state index contributed by atoms with van der Waals surface area (Å²) in [5.41, 5.74) is 6.96. The summed E-state index contributed by atoms with van der Waals surface area (Å²) in [6.07, 6.45) is 0. The van der Waals surface area contributed by atoms with Crippen LogP contribution < -0.4 is 10.5 Å². The Kier molecular flexibility index (Phi) is 3.54. The van der Waals surface area contributed by atoms with E-state index in [1.165, 1.54) is 5.56 Å². The van der Waals surface area contributed by atoms with Crippen LogP contribution in [-0.4, -0.2) is 24.2 Å². The van der Waals surface area contributed by atoms with Crippen LogP contribution in [0.4, 0.5) is 0 Å². The fraction of sp³-hybridized carbons (Fsp3) is 0.500. The number of rotatable bonds is 4. The molecule has 2 nitrogen and oxygen atoms in total. The minimum atomic E-state index is 0.540. The first-order valence-corrected chi connectivity index (χ1v) is 6.39. The normalized spacial score (nSPS) is 20.8. The third kappa shape index (κ3) is 2.47. The molecular formula is C12H17NOS. The monoisotopic (exact) mass is 223 g/mol. The van der Waals surface area contributed by atoms with Gasteiger partial charge >= 0.3 is 0 Å². The smallest absolute Gasteiger partial charge is 0.122 e. The van der Waals surface area contributed by atoms with E-state index in [0.717, 1.165) is 24.7 Å². The number of ether oxygens (including phenoxy) is 1. The molecule has 2 rings (SSSR count). The highest BCUT2D eigenvalue weighted by atomic mass is 32.2. The number of fused-ring (bicyclic) bond motifs is 1. The minimum Gasteiger partial charge on any atom is -0.493 e. The van der Waals surface area contributed by atoms with Crippen molar-refractivity contribution in [3.8, 4) is 5.75 Å². The molecule has 0 radical (unpaired) electrons. The maximum absolute atomic E-state index is 5.63. The third-order valence-electron chi connectivity index (χ3n) is 2.71. The summed E-state index contributed by atoms with van der Waals surface area (Å²) in [5.74, 6) is 2.71. The SMILES string of the molecule is CC(CN)SCC1COc2ccccc21. The van der Waals surface area contributed by atoms with E-state index in [2.05, 4.69) is 19.1 Å². The summed E-state index contributed by atoms with van der Waals surface area (Å²) < 4.78 is 5.63. The predicted molar refractivity (Wildman–Crippen MR) is 65.7 cm³/mol. The minimum absolute atomic E-state index is 0.540. The van der Waals surface area contributed by atoms with Crippen LogP contribution in [0.15, 0.2) is 24.3 Å². The van der Waals surface area contributed by atoms with Gasteiger partial charge in [-0.05, 0) is 6.07 Å². The molecule has 0 amide bonds. The first-order chi connectivity index (χ1) is 7.31. The van der Waals surface area contributed by atoms with Crippen molar-refractivity contribution in [3.05, 3.63) is 29.8 Å². The van der Waals surface area contributed by atoms with Gasteiger partial charge in [0.2, 0.25) is 0 Å². The van der Waals surface area contributed by atoms with E-state index in [9.17, 15) is 0 Å². The van der Waals surface area contributed by atoms with Gasteiger partial charge in [-0.15, -0.1) is 0 Å². The van der Waals surface area contributed by atoms with Crippen LogP contribution in [-0.2, 0) is 0 Å². The van der Waals surface area contributed by atoms with Gasteiger partial charge in [0.25, 0.3) is 0 Å². The van der Waals surface area contributed by atoms with Crippen LogP contribution in [0.5, 0.6) is 5.75 Å². The molecule has 0 fully saturated rings. The van der Waals surface area contributed by atoms with Crippen molar-refractivity contribution in [1.29, 1.82) is 0 Å². The molecule has 3 heteroatoms. The Morgan fingerprint density at radius 3 is 3.13 bits per heavy atom. The number of hydrogen-bond donors (Lipinski definition) is 1. The fourth-order valence-electron chi connectivity index (χ4n) is 1.72. The zero-order valence-electron chi connectivity index (χ0n) is 8.98. The number of thioether (sulfide) groups is 1. The summed E-state index contributed by atoms with van der Waals surface area (Å²) in [7, 11) is 0. The predicted octanol–water partition coefficient (Wildman–Crippen LogP) is 2.24. The molecule has 2 atom stereocenters. The number of benzene rings is 1. The van der Waals surface area contributed by atoms with Crippen LogP contribution in [0.3, 0.4) is 0 Å². The molecule has 82 valence electrons. The van der Waals surface area contributed by atoms with Crippen molar-refractivity contribution in [1.82, 2.24) is 0 Å². The van der Waals surface area contributed by atoms with Gasteiger partial charge in [0, 0.05) is 29.0 Å². The Hall–Kier alpha value is -0.670. The summed E-state index contributed by atoms with van der Waals surface area (Å²) in [6, 6.07) is 8.32. The summed E-state index contributed by atoms with van der Waals surface area (Å²) in [5, 5.41) is 0.540. The van der Waals surface area contributed by atoms with Gasteiger partial charge < -0.3 is 10.5 Å². The lowest BCUT2D eigenvalue weighted by molar-refractivity contribution is 0.338. The molecule has 15 heavy (non-hydrogen) atoms. The van der Waals surface area contributed by atoms with Crippen molar-refractivity contribution >= 4 is 11.8 Å². The molecule has 1 aliphatic rings. The maximum atomic E-state index is 5.63. The van der Waals surface area contributed by atoms with E-state index in [1.807, 2.05) is 23.9 Å². The lowest BCUT2D eigenvalue weighted by Gasteiger charge is -2.12. The van der Waals surface area contributed by atoms with Crippen molar-refractivity contribution in [3.63, 3.8) is 0 Å². The first kappa shape index (κ1) is 10.8. The summed E-state index contributed by atoms with van der Waals surface area (Å²) >= 11 is 1.93. The largest absolute Gasteiger partial charge is 0.493 e. The average molecular weight is 223 g/mol. The van der Waals surface area contributed by atoms with Gasteiger partial charge in [0.05, 0.1) is 6.61 Å². The Labute approximate surface area is 95.2 Å². The Morgan fingerprint density at radius 2 is 2.33 bits per heavy atom. The molecule has 0 aromatic heterocycles. The zero-order chi connectivity index (χ0) is 10.7. The highest BCUT2D eigenvalue weighted by Crippen LogP contribution is 2.35. The van der Waals surface area contributed by atoms with Crippen molar-refractivity contribution < 1.29 is 4.74 Å². The van der Waals surface area contributed by atoms with Crippen LogP contribution in [0.2, 0.25) is 0 Å². The number of nitrogens with two attached hydrogens (primary N) is 1. The molecule has 2 N–H and O–H groups in total. The Balaban J connectivity index is 1.96. The highest BCUT2D eigenvalue weighted by Gasteiger charge is 2.23. The molecule has 0 saturated heterocycles. The highest BCUT2D eigenvalue weighted by molar-refractivity contribution is 7.99. The van der Waals surface area contributed by atoms with E-state index < -0.39 is 0 Å². The summed E-state index contributed by atoms with van der Waals surface area (Å²) in [6.45, 7) is 3.75. The zero-order valence-corrected chi connectivity index (χ0v) is 9.80. The molecule has 0 aliphatic carbocycles. The van der Waals surface area contributed by atoms with Crippen LogP contribution in [0.1, 0.15) is 18.4 Å². The molecule has 1 aliphatic heterocycles. The van der Waals surface area contributed by atoms with E-state index in [0.29, 0.717) is 11.2 Å². The van der Waals surface area contributed by atoms with Gasteiger partial charge in [-0.2, -0.15) is 11.8 Å². The maximum Gasteiger partial charge on any atom is 0.122 e. The van der Waals surface area contributed by atoms with Gasteiger partial charge in [-0.1, -0.05) is 25.1 Å². The third-order valence-corrected chi connectivity index (χ3v) is 4.07. The van der Waals surface area contributed by atoms with Crippen LogP contribution in [0, 0.1) is 0 Å². The molecule has 1 aromatic carbocycles. The lowest BCUT2D eigenvalue weighted by atomic mass is 10.0. The van der Waals surface area contributed by atoms with E-state index >= 15 is 0 Å². The quantitative estimate of drug-likeness (QED) is 0.850. The van der Waals surface area contributed by atoms with Gasteiger partial charge in [-0.3, -0.25) is 0 Å². The number of hydrogen-bond acceptors (Lipinski definition) is 3. The van der Waals surface area contributed by atoms with Gasteiger partial charge in [0.1, 0.15) is 5.75 Å². The van der Waals surface area contributed by atoms with E-state index in [1.54, 1.807) is 0 Å². The molecule has 1 heterocycles. The second-order valence-corrected chi connectivity index (χ2v) is 5.40. The van der Waals surface area contributed by atoms with E-state index in [4.69, 9.17) is 10.5 Å². The van der Waals surface area contributed by atoms with Crippen molar-refractivity contribution in [2.75, 3.05) is 18.9 Å². The molecule has 0 bridgehead atoms. The van der Waals surface area contributed by atoms with Gasteiger partial charge in [-0.25, -0.2) is 0 Å². The van der Waals surface area contributed by atoms with Gasteiger partial charge in [0.15, 0.2) is 0 Å². The molecule has 1 aromatic rings. The fourth-order valence-corrected chi connectivity index (χ4v) is 2.69. The number of para-hydroxylation sites is 1. The Morgan fingerprint density at radius 1 is 1.53 bits per heavy atom. The second kappa shape index (κ2) is 4.90. The van der Waals surface area contributed by atoms with Crippen LogP contribution >= 0.6 is 11.8 Å². The lowest BCUT2D eigenvalue weighted by Crippen LogP contribution is -2.15. The van der Waals surface area contributed by atoms with Crippen molar-refractivity contribution in [2.24, 2.45) is 5.73 Å². The molecule has 0 spiro atoms.